The minimum absolute atomic E-state index is 0.0823. The number of unbranched alkanes of at least 4 members (excludes halogenated alkanes) is 26. The van der Waals surface area contributed by atoms with Crippen LogP contribution in [0.5, 0.6) is 0 Å². The number of ether oxygens (including phenoxy) is 3. The molecule has 6 nitrogen and oxygen atoms in total. The van der Waals surface area contributed by atoms with Gasteiger partial charge >= 0.3 is 17.9 Å². The number of carbonyl (C=O) groups is 3. The van der Waals surface area contributed by atoms with Gasteiger partial charge in [0.25, 0.3) is 0 Å². The summed E-state index contributed by atoms with van der Waals surface area (Å²) in [5, 5.41) is 0. The number of hydrogen-bond acceptors (Lipinski definition) is 6. The highest BCUT2D eigenvalue weighted by atomic mass is 16.6. The molecule has 0 amide bonds. The normalized spacial score (nSPS) is 12.8. The molecule has 0 bridgehead atoms. The van der Waals surface area contributed by atoms with Gasteiger partial charge in [-0.3, -0.25) is 14.4 Å². The van der Waals surface area contributed by atoms with Gasteiger partial charge in [-0.05, 0) is 103 Å². The van der Waals surface area contributed by atoms with E-state index in [1.54, 1.807) is 0 Å². The van der Waals surface area contributed by atoms with Crippen LogP contribution >= 0.6 is 0 Å². The number of esters is 3. The van der Waals surface area contributed by atoms with Crippen molar-refractivity contribution in [3.63, 3.8) is 0 Å². The molecule has 0 aromatic heterocycles. The average Bonchev–Trinajstić information content (AvgIpc) is 3.37. The van der Waals surface area contributed by atoms with Gasteiger partial charge in [0.2, 0.25) is 0 Å². The van der Waals surface area contributed by atoms with E-state index in [9.17, 15) is 14.4 Å². The standard InChI is InChI=1S/C65H110O6/c1-4-7-10-13-16-18-20-22-24-26-27-28-29-30-31-32-33-34-35-36-37-38-39-40-42-43-45-47-49-52-55-58-64(67)70-61-62(60-69-63(66)57-54-51-15-12-9-6-3)71-65(68)59-56-53-50-48-46-44-41-25-23-21-19-17-14-11-8-5-2/h7,10,16,18-19,21-22,24-25,27-28,30-31,33-34,41,62H,4-6,8-9,11-15,17,20,23,26,29,32,35-40,42-61H2,1-3H3/b10-7-,18-16-,21-19-,24-22-,28-27-,31-30-,34-33-,41-25-. The van der Waals surface area contributed by atoms with Crippen molar-refractivity contribution in [1.29, 1.82) is 0 Å². The van der Waals surface area contributed by atoms with Crippen LogP contribution in [0.2, 0.25) is 0 Å². The average molecular weight is 988 g/mol. The molecule has 0 aliphatic heterocycles. The van der Waals surface area contributed by atoms with Crippen molar-refractivity contribution in [2.45, 2.75) is 284 Å². The molecule has 0 saturated heterocycles. The summed E-state index contributed by atoms with van der Waals surface area (Å²) in [6, 6.07) is 0. The summed E-state index contributed by atoms with van der Waals surface area (Å²) in [4.78, 5) is 37.9. The molecule has 6 heteroatoms. The van der Waals surface area contributed by atoms with E-state index in [1.165, 1.54) is 116 Å². The lowest BCUT2D eigenvalue weighted by molar-refractivity contribution is -0.167. The van der Waals surface area contributed by atoms with Gasteiger partial charge in [-0.25, -0.2) is 0 Å². The van der Waals surface area contributed by atoms with Crippen molar-refractivity contribution in [3.8, 4) is 0 Å². The largest absolute Gasteiger partial charge is 0.462 e. The van der Waals surface area contributed by atoms with Gasteiger partial charge in [0.15, 0.2) is 6.10 Å². The summed E-state index contributed by atoms with van der Waals surface area (Å²) in [6.45, 7) is 6.44. The number of hydrogen-bond donors (Lipinski definition) is 0. The zero-order chi connectivity index (χ0) is 51.4. The summed E-state index contributed by atoms with van der Waals surface area (Å²) >= 11 is 0. The van der Waals surface area contributed by atoms with Crippen LogP contribution in [0.4, 0.5) is 0 Å². The molecular formula is C65H110O6. The fourth-order valence-electron chi connectivity index (χ4n) is 8.12. The highest BCUT2D eigenvalue weighted by Crippen LogP contribution is 2.15. The monoisotopic (exact) mass is 987 g/mol. The Kier molecular flexibility index (Phi) is 55.9. The Morgan fingerprint density at radius 1 is 0.296 bits per heavy atom. The molecule has 0 heterocycles. The molecule has 1 unspecified atom stereocenters. The highest BCUT2D eigenvalue weighted by molar-refractivity contribution is 5.71. The SMILES string of the molecule is CC/C=C\C/C=C\C/C=C\C/C=C\C/C=C\C/C=C\CCCCCCCCCCCCCCC(=O)OCC(COC(=O)CCCCCCCC)OC(=O)CCCCCCC/C=C\C/C=C\CCCCCC. The Morgan fingerprint density at radius 2 is 0.549 bits per heavy atom. The lowest BCUT2D eigenvalue weighted by Crippen LogP contribution is -2.30. The number of carbonyl (C=O) groups excluding carboxylic acids is 3. The van der Waals surface area contributed by atoms with Crippen molar-refractivity contribution in [2.24, 2.45) is 0 Å². The van der Waals surface area contributed by atoms with E-state index in [0.717, 1.165) is 122 Å². The lowest BCUT2D eigenvalue weighted by atomic mass is 10.0. The molecule has 0 aliphatic carbocycles. The van der Waals surface area contributed by atoms with Crippen LogP contribution in [-0.2, 0) is 28.6 Å². The molecule has 0 saturated carbocycles. The Bertz CT molecular complexity index is 1410. The van der Waals surface area contributed by atoms with E-state index in [0.29, 0.717) is 19.3 Å². The second-order valence-electron chi connectivity index (χ2n) is 19.5. The van der Waals surface area contributed by atoms with Crippen LogP contribution in [0.1, 0.15) is 278 Å². The number of allylic oxidation sites excluding steroid dienone is 16. The Labute approximate surface area is 438 Å². The van der Waals surface area contributed by atoms with Gasteiger partial charge < -0.3 is 14.2 Å². The van der Waals surface area contributed by atoms with Gasteiger partial charge in [0.05, 0.1) is 0 Å². The van der Waals surface area contributed by atoms with E-state index >= 15 is 0 Å². The predicted octanol–water partition coefficient (Wildman–Crippen LogP) is 20.1. The summed E-state index contributed by atoms with van der Waals surface area (Å²) in [5.41, 5.74) is 0. The Balaban J connectivity index is 4.08. The topological polar surface area (TPSA) is 78.9 Å². The van der Waals surface area contributed by atoms with E-state index < -0.39 is 6.10 Å². The van der Waals surface area contributed by atoms with E-state index in [-0.39, 0.29) is 31.1 Å². The first-order chi connectivity index (χ1) is 35.0. The Morgan fingerprint density at radius 3 is 0.873 bits per heavy atom. The predicted molar refractivity (Wildman–Crippen MR) is 307 cm³/mol. The van der Waals surface area contributed by atoms with Crippen molar-refractivity contribution in [2.75, 3.05) is 13.2 Å². The second kappa shape index (κ2) is 58.9. The molecule has 1 atom stereocenters. The summed E-state index contributed by atoms with van der Waals surface area (Å²) < 4.78 is 16.7. The summed E-state index contributed by atoms with van der Waals surface area (Å²) in [5.74, 6) is -0.904. The van der Waals surface area contributed by atoms with Crippen LogP contribution in [0, 0.1) is 0 Å². The maximum absolute atomic E-state index is 12.8. The third kappa shape index (κ3) is 57.1. The molecule has 71 heavy (non-hydrogen) atoms. The van der Waals surface area contributed by atoms with Crippen molar-refractivity contribution >= 4 is 17.9 Å². The molecule has 0 aromatic rings. The van der Waals surface area contributed by atoms with Gasteiger partial charge in [-0.15, -0.1) is 0 Å². The maximum atomic E-state index is 12.8. The van der Waals surface area contributed by atoms with Gasteiger partial charge in [-0.2, -0.15) is 0 Å². The molecule has 0 aliphatic rings. The van der Waals surface area contributed by atoms with Crippen molar-refractivity contribution in [3.05, 3.63) is 97.2 Å². The van der Waals surface area contributed by atoms with Gasteiger partial charge in [0.1, 0.15) is 13.2 Å². The molecule has 0 radical (unpaired) electrons. The fraction of sp³-hybridized carbons (Fsp3) is 0.708. The fourth-order valence-corrected chi connectivity index (χ4v) is 8.12. The molecule has 0 N–H and O–H groups in total. The van der Waals surface area contributed by atoms with E-state index in [4.69, 9.17) is 14.2 Å². The van der Waals surface area contributed by atoms with Crippen LogP contribution in [0.3, 0.4) is 0 Å². The third-order valence-corrected chi connectivity index (χ3v) is 12.6. The molecule has 0 rings (SSSR count). The molecule has 0 spiro atoms. The minimum atomic E-state index is -0.781. The first kappa shape index (κ1) is 67.3. The van der Waals surface area contributed by atoms with Crippen LogP contribution in [0.15, 0.2) is 97.2 Å². The smallest absolute Gasteiger partial charge is 0.306 e. The van der Waals surface area contributed by atoms with Crippen LogP contribution < -0.4 is 0 Å². The molecule has 406 valence electrons. The zero-order valence-corrected chi connectivity index (χ0v) is 46.5. The molecule has 0 aromatic carbocycles. The third-order valence-electron chi connectivity index (χ3n) is 12.6. The van der Waals surface area contributed by atoms with E-state index in [2.05, 4.69) is 118 Å². The first-order valence-electron chi connectivity index (χ1n) is 29.7. The van der Waals surface area contributed by atoms with Crippen molar-refractivity contribution < 1.29 is 28.6 Å². The molecular weight excluding hydrogens is 877 g/mol. The molecule has 0 fully saturated rings. The van der Waals surface area contributed by atoms with Crippen molar-refractivity contribution in [1.82, 2.24) is 0 Å². The van der Waals surface area contributed by atoms with E-state index in [1.807, 2.05) is 0 Å². The van der Waals surface area contributed by atoms with Crippen LogP contribution in [-0.4, -0.2) is 37.2 Å². The lowest BCUT2D eigenvalue weighted by Gasteiger charge is -2.18. The van der Waals surface area contributed by atoms with Gasteiger partial charge in [0, 0.05) is 19.3 Å². The Hall–Kier alpha value is -3.67. The number of rotatable bonds is 53. The summed E-state index contributed by atoms with van der Waals surface area (Å²) in [7, 11) is 0. The maximum Gasteiger partial charge on any atom is 0.306 e. The minimum Gasteiger partial charge on any atom is -0.462 e. The highest BCUT2D eigenvalue weighted by Gasteiger charge is 2.19. The first-order valence-corrected chi connectivity index (χ1v) is 29.7. The summed E-state index contributed by atoms with van der Waals surface area (Å²) in [6.07, 6.45) is 78.7. The van der Waals surface area contributed by atoms with Gasteiger partial charge in [-0.1, -0.05) is 253 Å². The second-order valence-corrected chi connectivity index (χ2v) is 19.5. The quantitative estimate of drug-likeness (QED) is 0.0261. The zero-order valence-electron chi connectivity index (χ0n) is 46.5. The van der Waals surface area contributed by atoms with Crippen LogP contribution in [0.25, 0.3) is 0 Å².